The van der Waals surface area contributed by atoms with Gasteiger partial charge in [0.2, 0.25) is 23.6 Å². The van der Waals surface area contributed by atoms with E-state index in [2.05, 4.69) is 26.6 Å². The summed E-state index contributed by atoms with van der Waals surface area (Å²) in [5.74, 6) is -8.42. The number of carboxylic acids is 1. The van der Waals surface area contributed by atoms with E-state index in [0.717, 1.165) is 75.3 Å². The molecule has 1 aliphatic carbocycles. The second-order valence-electron chi connectivity index (χ2n) is 14.8. The fourth-order valence-electron chi connectivity index (χ4n) is 7.40. The lowest BCUT2D eigenvalue weighted by Crippen LogP contribution is -2.64. The maximum Gasteiger partial charge on any atom is 0.330 e. The van der Waals surface area contributed by atoms with Gasteiger partial charge in [-0.3, -0.25) is 24.0 Å². The molecule has 8 N–H and O–H groups in total. The van der Waals surface area contributed by atoms with Gasteiger partial charge in [0.15, 0.2) is 6.04 Å². The molecule has 0 aromatic heterocycles. The number of aliphatic hydroxyl groups is 2. The maximum atomic E-state index is 14.1. The molecule has 2 aromatic rings. The number of hydrogen-bond donors (Lipinski definition) is 8. The number of carbonyl (C=O) groups excluding carboxylic acids is 5. The Labute approximate surface area is 322 Å². The van der Waals surface area contributed by atoms with Crippen LogP contribution in [0.25, 0.3) is 0 Å². The Bertz CT molecular complexity index is 1610. The lowest BCUT2D eigenvalue weighted by Gasteiger charge is -2.33. The van der Waals surface area contributed by atoms with Gasteiger partial charge in [0, 0.05) is 12.8 Å². The van der Waals surface area contributed by atoms with E-state index in [4.69, 9.17) is 0 Å². The topological polar surface area (TPSA) is 223 Å². The smallest absolute Gasteiger partial charge is 0.330 e. The minimum absolute atomic E-state index is 0.0535. The summed E-state index contributed by atoms with van der Waals surface area (Å²) in [6, 6.07) is 10.6. The van der Waals surface area contributed by atoms with Gasteiger partial charge in [0.05, 0.1) is 12.6 Å². The van der Waals surface area contributed by atoms with Crippen LogP contribution in [0.3, 0.4) is 0 Å². The van der Waals surface area contributed by atoms with Gasteiger partial charge in [-0.25, -0.2) is 4.79 Å². The molecule has 0 radical (unpaired) electrons. The number of nitrogens with one attached hydrogen (secondary N) is 5. The van der Waals surface area contributed by atoms with Gasteiger partial charge in [0.25, 0.3) is 11.7 Å². The third-order valence-corrected chi connectivity index (χ3v) is 10.5. The molecule has 2 aromatic carbocycles. The lowest BCUT2D eigenvalue weighted by molar-refractivity contribution is -0.197. The van der Waals surface area contributed by atoms with E-state index >= 15 is 0 Å². The predicted molar refractivity (Wildman–Crippen MR) is 204 cm³/mol. The van der Waals surface area contributed by atoms with Crippen molar-refractivity contribution in [3.8, 4) is 0 Å². The predicted octanol–water partition coefficient (Wildman–Crippen LogP) is 2.70. The van der Waals surface area contributed by atoms with E-state index in [1.54, 1.807) is 25.1 Å². The Kier molecular flexibility index (Phi) is 16.6. The van der Waals surface area contributed by atoms with Crippen LogP contribution in [-0.4, -0.2) is 81.3 Å². The molecule has 14 heteroatoms. The van der Waals surface area contributed by atoms with Gasteiger partial charge in [-0.2, -0.15) is 0 Å². The van der Waals surface area contributed by atoms with Crippen molar-refractivity contribution in [1.29, 1.82) is 0 Å². The molecule has 4 atom stereocenters. The second-order valence-corrected chi connectivity index (χ2v) is 14.8. The fraction of sp³-hybridized carbons (Fsp3) is 0.561. The van der Waals surface area contributed by atoms with Crippen LogP contribution in [0.2, 0.25) is 0 Å². The highest BCUT2D eigenvalue weighted by atomic mass is 16.5. The number of rotatable bonds is 12. The quantitative estimate of drug-likeness (QED) is 0.149. The Morgan fingerprint density at radius 1 is 0.818 bits per heavy atom. The van der Waals surface area contributed by atoms with Crippen molar-refractivity contribution >= 4 is 35.5 Å². The normalized spacial score (nSPS) is 20.4. The number of hydrogen-bond acceptors (Lipinski definition) is 8. The van der Waals surface area contributed by atoms with Crippen LogP contribution in [-0.2, 0) is 41.6 Å². The molecule has 2 aliphatic rings. The van der Waals surface area contributed by atoms with Crippen LogP contribution in [0.15, 0.2) is 54.6 Å². The lowest BCUT2D eigenvalue weighted by atomic mass is 9.83. The van der Waals surface area contributed by atoms with Crippen molar-refractivity contribution in [2.75, 3.05) is 6.54 Å². The zero-order chi connectivity index (χ0) is 39.8. The highest BCUT2D eigenvalue weighted by molar-refractivity contribution is 5.94. The van der Waals surface area contributed by atoms with Gasteiger partial charge in [0.1, 0.15) is 12.1 Å². The van der Waals surface area contributed by atoms with E-state index in [9.17, 15) is 44.1 Å². The van der Waals surface area contributed by atoms with Gasteiger partial charge < -0.3 is 41.9 Å². The molecule has 2 bridgehead atoms. The molecule has 1 fully saturated rings. The van der Waals surface area contributed by atoms with Crippen molar-refractivity contribution in [1.82, 2.24) is 26.6 Å². The van der Waals surface area contributed by atoms with Crippen LogP contribution in [0.1, 0.15) is 113 Å². The first-order chi connectivity index (χ1) is 26.4. The van der Waals surface area contributed by atoms with Crippen molar-refractivity contribution in [3.63, 3.8) is 0 Å². The van der Waals surface area contributed by atoms with Gasteiger partial charge in [-0.1, -0.05) is 106 Å². The molecular formula is C41H57N5O9. The summed E-state index contributed by atoms with van der Waals surface area (Å²) in [7, 11) is 0. The third kappa shape index (κ3) is 13.2. The van der Waals surface area contributed by atoms with Gasteiger partial charge in [-0.05, 0) is 61.1 Å². The van der Waals surface area contributed by atoms with Crippen LogP contribution in [0, 0.1) is 5.92 Å². The Hall–Kier alpha value is -4.82. The molecule has 0 saturated heterocycles. The van der Waals surface area contributed by atoms with E-state index in [-0.39, 0.29) is 24.7 Å². The zero-order valence-corrected chi connectivity index (χ0v) is 31.7. The summed E-state index contributed by atoms with van der Waals surface area (Å²) in [6.07, 6.45) is 10.4. The average Bonchev–Trinajstić information content (AvgIpc) is 3.17. The molecule has 5 amide bonds. The number of amides is 5. The van der Waals surface area contributed by atoms with Gasteiger partial charge >= 0.3 is 5.97 Å². The second kappa shape index (κ2) is 21.3. The van der Waals surface area contributed by atoms with Crippen LogP contribution < -0.4 is 26.6 Å². The minimum atomic E-state index is -3.20. The summed E-state index contributed by atoms with van der Waals surface area (Å²) in [6.45, 7) is 0.934. The Balaban J connectivity index is 1.53. The SMILES string of the molecule is CCC[C@H](NC(=O)[C@@H]1Cc2cccc(c2)CCCCCCCC(=O)N[C@@H](C2CCCCC2)C(=O)N1)C(O)(O)C(=O)NCC(=O)N[C@@H](C(=O)O)c1ccccc1. The van der Waals surface area contributed by atoms with Crippen molar-refractivity contribution in [2.24, 2.45) is 5.92 Å². The standard InChI is InChI=1S/C41H57N5O9/c1-2-15-32(41(54,55)40(53)42-26-34(48)46-36(39(51)52)30-21-11-7-12-22-30)44-37(49)31-25-28-18-14-17-27(24-28)16-8-4-3-5-13-23-33(47)45-35(38(50)43-31)29-19-9-6-10-20-29/h7,11-12,14,17-18,21-22,24,29,31-32,35-36,54-55H,2-6,8-10,13,15-16,19-20,23,25-26H2,1H3,(H,42,53)(H,43,50)(H,44,49)(H,45,47)(H,46,48)(H,51,52)/t31-,32-,35-,36+/m0/s1. The first kappa shape index (κ1) is 42.9. The van der Waals surface area contributed by atoms with Crippen molar-refractivity contribution in [3.05, 3.63) is 71.3 Å². The fourth-order valence-corrected chi connectivity index (χ4v) is 7.40. The molecule has 0 unspecified atom stereocenters. The number of carbonyl (C=O) groups is 6. The van der Waals surface area contributed by atoms with E-state index < -0.39 is 66.1 Å². The van der Waals surface area contributed by atoms with Crippen LogP contribution in [0.5, 0.6) is 0 Å². The van der Waals surface area contributed by atoms with Gasteiger partial charge in [-0.15, -0.1) is 0 Å². The summed E-state index contributed by atoms with van der Waals surface area (Å²) in [5, 5.41) is 44.7. The minimum Gasteiger partial charge on any atom is -0.479 e. The average molecular weight is 764 g/mol. The molecule has 300 valence electrons. The van der Waals surface area contributed by atoms with E-state index in [1.807, 2.05) is 24.3 Å². The van der Waals surface area contributed by atoms with E-state index in [0.29, 0.717) is 24.8 Å². The first-order valence-electron chi connectivity index (χ1n) is 19.7. The summed E-state index contributed by atoms with van der Waals surface area (Å²) < 4.78 is 0. The molecule has 4 rings (SSSR count). The van der Waals surface area contributed by atoms with Crippen molar-refractivity contribution in [2.45, 2.75) is 133 Å². The highest BCUT2D eigenvalue weighted by Gasteiger charge is 2.44. The largest absolute Gasteiger partial charge is 0.479 e. The molecule has 0 spiro atoms. The molecule has 1 saturated carbocycles. The molecule has 1 heterocycles. The number of aliphatic carboxylic acids is 1. The van der Waals surface area contributed by atoms with Crippen LogP contribution in [0.4, 0.5) is 0 Å². The monoisotopic (exact) mass is 763 g/mol. The van der Waals surface area contributed by atoms with E-state index in [1.165, 1.54) is 12.1 Å². The number of carboxylic acid groups (broad SMARTS) is 1. The number of fused-ring (bicyclic) bond motifs is 2. The summed E-state index contributed by atoms with van der Waals surface area (Å²) in [4.78, 5) is 79.0. The highest BCUT2D eigenvalue weighted by Crippen LogP contribution is 2.27. The summed E-state index contributed by atoms with van der Waals surface area (Å²) >= 11 is 0. The third-order valence-electron chi connectivity index (χ3n) is 10.5. The number of benzene rings is 2. The molecule has 55 heavy (non-hydrogen) atoms. The Morgan fingerprint density at radius 2 is 1.47 bits per heavy atom. The van der Waals surface area contributed by atoms with Crippen LogP contribution >= 0.6 is 0 Å². The summed E-state index contributed by atoms with van der Waals surface area (Å²) in [5.41, 5.74) is 2.15. The van der Waals surface area contributed by atoms with Crippen molar-refractivity contribution < 1.29 is 44.1 Å². The molecular weight excluding hydrogens is 706 g/mol. The molecule has 14 nitrogen and oxygen atoms in total. The first-order valence-corrected chi connectivity index (χ1v) is 19.7. The molecule has 1 aliphatic heterocycles. The maximum absolute atomic E-state index is 14.1. The zero-order valence-electron chi connectivity index (χ0n) is 31.7. The number of aryl methyl sites for hydroxylation is 1. The Morgan fingerprint density at radius 3 is 2.16 bits per heavy atom.